The van der Waals surface area contributed by atoms with Crippen LogP contribution in [0.5, 0.6) is 0 Å². The number of aliphatic hydroxyl groups is 1. The number of alkyl halides is 2. The van der Waals surface area contributed by atoms with Crippen molar-refractivity contribution in [3.05, 3.63) is 0 Å². The van der Waals surface area contributed by atoms with Gasteiger partial charge in [-0.1, -0.05) is 0 Å². The molecule has 0 radical (unpaired) electrons. The Balaban J connectivity index is 3.57. The normalized spacial score (nSPS) is 13.3. The Morgan fingerprint density at radius 3 is 2.50 bits per heavy atom. The van der Waals surface area contributed by atoms with Crippen molar-refractivity contribution in [2.45, 2.75) is 19.0 Å². The lowest BCUT2D eigenvalue weighted by molar-refractivity contribution is -0.145. The average Bonchev–Trinajstić information content (AvgIpc) is 1.87. The van der Waals surface area contributed by atoms with E-state index in [1.807, 2.05) is 0 Å². The minimum absolute atomic E-state index is 0.659. The summed E-state index contributed by atoms with van der Waals surface area (Å²) in [6, 6.07) is 0. The molecule has 0 rings (SSSR count). The number of halogens is 2. The SMILES string of the molecule is COC(=O)CC(O)C(F)F. The molecule has 0 aromatic rings. The fourth-order valence-corrected chi connectivity index (χ4v) is 0.343. The Kier molecular flexibility index (Phi) is 3.87. The van der Waals surface area contributed by atoms with Gasteiger partial charge in [0.2, 0.25) is 0 Å². The van der Waals surface area contributed by atoms with E-state index in [-0.39, 0.29) is 0 Å². The molecule has 60 valence electrons. The van der Waals surface area contributed by atoms with Crippen LogP contribution >= 0.6 is 0 Å². The summed E-state index contributed by atoms with van der Waals surface area (Å²) >= 11 is 0. The largest absolute Gasteiger partial charge is 0.469 e. The van der Waals surface area contributed by atoms with Crippen molar-refractivity contribution in [1.82, 2.24) is 0 Å². The number of hydrogen-bond donors (Lipinski definition) is 1. The van der Waals surface area contributed by atoms with Crippen molar-refractivity contribution >= 4 is 5.97 Å². The van der Waals surface area contributed by atoms with Crippen molar-refractivity contribution < 1.29 is 23.4 Å². The van der Waals surface area contributed by atoms with Gasteiger partial charge in [-0.05, 0) is 0 Å². The molecule has 0 fully saturated rings. The van der Waals surface area contributed by atoms with Gasteiger partial charge in [-0.15, -0.1) is 0 Å². The number of hydrogen-bond acceptors (Lipinski definition) is 3. The zero-order valence-electron chi connectivity index (χ0n) is 5.38. The third-order valence-corrected chi connectivity index (χ3v) is 0.894. The van der Waals surface area contributed by atoms with Gasteiger partial charge >= 0.3 is 5.97 Å². The number of esters is 1. The number of rotatable bonds is 3. The first kappa shape index (κ1) is 9.29. The third-order valence-electron chi connectivity index (χ3n) is 0.894. The van der Waals surface area contributed by atoms with Gasteiger partial charge in [0, 0.05) is 0 Å². The molecular formula is C5H8F2O3. The van der Waals surface area contributed by atoms with Crippen LogP contribution in [0.15, 0.2) is 0 Å². The topological polar surface area (TPSA) is 46.5 Å². The first-order chi connectivity index (χ1) is 4.57. The Morgan fingerprint density at radius 1 is 1.70 bits per heavy atom. The molecule has 1 atom stereocenters. The van der Waals surface area contributed by atoms with Crippen molar-refractivity contribution in [2.75, 3.05) is 7.11 Å². The van der Waals surface area contributed by atoms with Crippen molar-refractivity contribution in [1.29, 1.82) is 0 Å². The first-order valence-electron chi connectivity index (χ1n) is 2.61. The molecule has 3 nitrogen and oxygen atoms in total. The second-order valence-corrected chi connectivity index (χ2v) is 1.68. The molecular weight excluding hydrogens is 146 g/mol. The zero-order valence-corrected chi connectivity index (χ0v) is 5.38. The number of carbonyl (C=O) groups excluding carboxylic acids is 1. The highest BCUT2D eigenvalue weighted by molar-refractivity contribution is 5.69. The minimum atomic E-state index is -2.89. The van der Waals surface area contributed by atoms with Gasteiger partial charge < -0.3 is 9.84 Å². The maximum atomic E-state index is 11.5. The summed E-state index contributed by atoms with van der Waals surface area (Å²) in [6.45, 7) is 0. The lowest BCUT2D eigenvalue weighted by Crippen LogP contribution is -2.21. The Hall–Kier alpha value is -0.710. The second-order valence-electron chi connectivity index (χ2n) is 1.68. The number of methoxy groups -OCH3 is 1. The van der Waals surface area contributed by atoms with E-state index in [1.165, 1.54) is 0 Å². The van der Waals surface area contributed by atoms with E-state index in [4.69, 9.17) is 5.11 Å². The summed E-state index contributed by atoms with van der Waals surface area (Å²) in [5.41, 5.74) is 0. The molecule has 0 aliphatic carbocycles. The van der Waals surface area contributed by atoms with E-state index in [0.717, 1.165) is 7.11 Å². The van der Waals surface area contributed by atoms with Gasteiger partial charge in [0.1, 0.15) is 6.10 Å². The third kappa shape index (κ3) is 3.34. The minimum Gasteiger partial charge on any atom is -0.469 e. The van der Waals surface area contributed by atoms with E-state index in [0.29, 0.717) is 0 Å². The number of ether oxygens (including phenoxy) is 1. The molecule has 0 aromatic carbocycles. The van der Waals surface area contributed by atoms with Crippen molar-refractivity contribution in [2.24, 2.45) is 0 Å². The molecule has 0 aliphatic rings. The van der Waals surface area contributed by atoms with Gasteiger partial charge in [0.15, 0.2) is 0 Å². The average molecular weight is 154 g/mol. The maximum Gasteiger partial charge on any atom is 0.308 e. The molecule has 10 heavy (non-hydrogen) atoms. The number of carbonyl (C=O) groups is 1. The summed E-state index contributed by atoms with van der Waals surface area (Å²) in [6.07, 6.45) is -5.46. The van der Waals surface area contributed by atoms with Crippen LogP contribution in [0.2, 0.25) is 0 Å². The Bertz CT molecular complexity index is 115. The summed E-state index contributed by atoms with van der Waals surface area (Å²) in [5.74, 6) is -0.840. The van der Waals surface area contributed by atoms with Crippen LogP contribution in [-0.2, 0) is 9.53 Å². The molecule has 1 N–H and O–H groups in total. The maximum absolute atomic E-state index is 11.5. The molecule has 0 aromatic heterocycles. The molecule has 0 saturated carbocycles. The van der Waals surface area contributed by atoms with Crippen LogP contribution in [0.1, 0.15) is 6.42 Å². The first-order valence-corrected chi connectivity index (χ1v) is 2.61. The summed E-state index contributed by atoms with van der Waals surface area (Å²) in [5, 5.41) is 8.38. The van der Waals surface area contributed by atoms with E-state index < -0.39 is 24.9 Å². The fraction of sp³-hybridized carbons (Fsp3) is 0.800. The standard InChI is InChI=1S/C5H8F2O3/c1-10-4(9)2-3(8)5(6)7/h3,5,8H,2H2,1H3. The van der Waals surface area contributed by atoms with Crippen molar-refractivity contribution in [3.63, 3.8) is 0 Å². The van der Waals surface area contributed by atoms with E-state index in [9.17, 15) is 13.6 Å². The van der Waals surface area contributed by atoms with Gasteiger partial charge in [0.25, 0.3) is 6.43 Å². The van der Waals surface area contributed by atoms with Gasteiger partial charge in [-0.25, -0.2) is 8.78 Å². The molecule has 1 unspecified atom stereocenters. The van der Waals surface area contributed by atoms with Gasteiger partial charge in [0.05, 0.1) is 13.5 Å². The molecule has 0 heterocycles. The van der Waals surface area contributed by atoms with Gasteiger partial charge in [-0.2, -0.15) is 0 Å². The molecule has 0 saturated heterocycles. The van der Waals surface area contributed by atoms with E-state index in [2.05, 4.69) is 4.74 Å². The van der Waals surface area contributed by atoms with E-state index >= 15 is 0 Å². The summed E-state index contributed by atoms with van der Waals surface area (Å²) in [4.78, 5) is 10.2. The van der Waals surface area contributed by atoms with Crippen LogP contribution in [-0.4, -0.2) is 30.7 Å². The Labute approximate surface area is 56.6 Å². The van der Waals surface area contributed by atoms with Crippen LogP contribution in [0.3, 0.4) is 0 Å². The number of aliphatic hydroxyl groups excluding tert-OH is 1. The van der Waals surface area contributed by atoms with Crippen LogP contribution in [0, 0.1) is 0 Å². The van der Waals surface area contributed by atoms with Crippen LogP contribution in [0.25, 0.3) is 0 Å². The molecule has 0 aliphatic heterocycles. The highest BCUT2D eigenvalue weighted by Crippen LogP contribution is 2.04. The molecule has 0 spiro atoms. The zero-order chi connectivity index (χ0) is 8.15. The predicted octanol–water partition coefficient (Wildman–Crippen LogP) is 0.175. The fourth-order valence-electron chi connectivity index (χ4n) is 0.343. The molecule has 0 bridgehead atoms. The van der Waals surface area contributed by atoms with Gasteiger partial charge in [-0.3, -0.25) is 4.79 Å². The second kappa shape index (κ2) is 4.16. The van der Waals surface area contributed by atoms with Crippen LogP contribution < -0.4 is 0 Å². The molecule has 5 heteroatoms. The quantitative estimate of drug-likeness (QED) is 0.589. The van der Waals surface area contributed by atoms with Crippen LogP contribution in [0.4, 0.5) is 8.78 Å². The van der Waals surface area contributed by atoms with Crippen molar-refractivity contribution in [3.8, 4) is 0 Å². The predicted molar refractivity (Wildman–Crippen MR) is 28.6 cm³/mol. The smallest absolute Gasteiger partial charge is 0.308 e. The van der Waals surface area contributed by atoms with E-state index in [1.54, 1.807) is 0 Å². The molecule has 0 amide bonds. The lowest BCUT2D eigenvalue weighted by Gasteiger charge is -2.05. The highest BCUT2D eigenvalue weighted by Gasteiger charge is 2.20. The summed E-state index contributed by atoms with van der Waals surface area (Å²) < 4.78 is 27.0. The lowest BCUT2D eigenvalue weighted by atomic mass is 10.3. The monoisotopic (exact) mass is 154 g/mol. The Morgan fingerprint density at radius 2 is 2.20 bits per heavy atom. The summed E-state index contributed by atoms with van der Waals surface area (Å²) in [7, 11) is 1.07. The highest BCUT2D eigenvalue weighted by atomic mass is 19.3.